The summed E-state index contributed by atoms with van der Waals surface area (Å²) in [5, 5.41) is 27.2. The first kappa shape index (κ1) is 25.0. The normalized spacial score (nSPS) is 23.0. The molecule has 172 valence electrons. The third-order valence-electron chi connectivity index (χ3n) is 4.52. The molecular weight excluding hydrogens is 455 g/mol. The summed E-state index contributed by atoms with van der Waals surface area (Å²) in [6.07, 6.45) is -3.84. The van der Waals surface area contributed by atoms with Gasteiger partial charge in [0.25, 0.3) is 5.08 Å². The average Bonchev–Trinajstić information content (AvgIpc) is 2.99. The van der Waals surface area contributed by atoms with Crippen molar-refractivity contribution in [1.29, 1.82) is 0 Å². The number of aliphatic hydroxyl groups excluding tert-OH is 2. The average molecular weight is 477 g/mol. The van der Waals surface area contributed by atoms with Gasteiger partial charge in [-0.05, 0) is 6.42 Å². The Hall–Kier alpha value is -1.25. The molecule has 1 unspecified atom stereocenters. The van der Waals surface area contributed by atoms with E-state index in [1.54, 1.807) is 0 Å². The van der Waals surface area contributed by atoms with E-state index in [0.717, 1.165) is 10.8 Å². The molecule has 0 saturated carbocycles. The highest BCUT2D eigenvalue weighted by molar-refractivity contribution is 7.72. The fourth-order valence-electron chi connectivity index (χ4n) is 2.82. The van der Waals surface area contributed by atoms with Crippen molar-refractivity contribution in [2.75, 3.05) is 18.5 Å². The first-order valence-electron chi connectivity index (χ1n) is 8.52. The molecule has 0 amide bonds. The number of nitrogens with zero attached hydrogens (tertiary/aromatic N) is 2. The number of hydrogen-bond acceptors (Lipinski definition) is 9. The summed E-state index contributed by atoms with van der Waals surface area (Å²) >= 11 is 0. The second kappa shape index (κ2) is 9.09. The Morgan fingerprint density at radius 3 is 2.40 bits per heavy atom. The molecular formula is C13H22FN3O11P2. The van der Waals surface area contributed by atoms with Gasteiger partial charge < -0.3 is 44.9 Å². The molecule has 1 saturated heterocycles. The second-order valence-corrected chi connectivity index (χ2v) is 10.6. The van der Waals surface area contributed by atoms with Crippen molar-refractivity contribution in [1.82, 2.24) is 9.55 Å². The number of hydrogen-bond donors (Lipinski definition) is 8. The molecule has 1 fully saturated rings. The van der Waals surface area contributed by atoms with Crippen LogP contribution in [0.1, 0.15) is 25.5 Å². The molecule has 3 atom stereocenters. The molecule has 0 spiro atoms. The summed E-state index contributed by atoms with van der Waals surface area (Å²) in [7, 11) is -11.2. The fourth-order valence-corrected chi connectivity index (χ4v) is 5.08. The van der Waals surface area contributed by atoms with Crippen LogP contribution in [0.3, 0.4) is 0 Å². The highest BCUT2D eigenvalue weighted by Gasteiger charge is 2.58. The summed E-state index contributed by atoms with van der Waals surface area (Å²) in [5.74, 6) is -1.58. The monoisotopic (exact) mass is 477 g/mol. The van der Waals surface area contributed by atoms with Crippen molar-refractivity contribution in [3.8, 4) is 0 Å². The van der Waals surface area contributed by atoms with E-state index < -0.39 is 75.5 Å². The van der Waals surface area contributed by atoms with Crippen molar-refractivity contribution in [3.63, 3.8) is 0 Å². The maximum absolute atomic E-state index is 14.2. The van der Waals surface area contributed by atoms with Gasteiger partial charge in [0, 0.05) is 19.4 Å². The number of anilines is 1. The summed E-state index contributed by atoms with van der Waals surface area (Å²) in [6, 6.07) is 0. The maximum Gasteiger partial charge on any atom is 0.369 e. The molecule has 1 aromatic rings. The smallest absolute Gasteiger partial charge is 0.369 e. The number of rotatable bonds is 9. The molecule has 0 aliphatic carbocycles. The van der Waals surface area contributed by atoms with Gasteiger partial charge in [-0.2, -0.15) is 4.98 Å². The molecule has 1 aromatic heterocycles. The van der Waals surface area contributed by atoms with E-state index in [0.29, 0.717) is 0 Å². The minimum atomic E-state index is -5.60. The van der Waals surface area contributed by atoms with Crippen LogP contribution in [0.4, 0.5) is 10.2 Å². The van der Waals surface area contributed by atoms with Crippen molar-refractivity contribution < 1.29 is 53.2 Å². The lowest BCUT2D eigenvalue weighted by Gasteiger charge is -2.29. The van der Waals surface area contributed by atoms with Crippen LogP contribution >= 0.6 is 15.2 Å². The van der Waals surface area contributed by atoms with Gasteiger partial charge in [0.15, 0.2) is 11.6 Å². The van der Waals surface area contributed by atoms with Crippen molar-refractivity contribution in [2.45, 2.75) is 42.8 Å². The standard InChI is InChI=1S/C13H22FN3O11P2/c14-7-5-17(10-4-8(19)9(6-18)28-10)12(20)16-11(7)15-3-1-2-13(21,29(22,23)24)30(25,26)27/h5,8-10,18-19,21H,1-4,6H2,(H,15,16,20)(H2,22,23,24)(H2,25,26,27)/t8-,9+,10?/m0/s1. The number of aromatic nitrogens is 2. The first-order chi connectivity index (χ1) is 13.7. The lowest BCUT2D eigenvalue weighted by molar-refractivity contribution is -0.0461. The largest absolute Gasteiger partial charge is 0.394 e. The zero-order valence-electron chi connectivity index (χ0n) is 15.3. The van der Waals surface area contributed by atoms with Crippen LogP contribution < -0.4 is 11.0 Å². The number of ether oxygens (including phenoxy) is 1. The summed E-state index contributed by atoms with van der Waals surface area (Å²) in [6.45, 7) is -0.849. The molecule has 2 heterocycles. The number of nitrogens with one attached hydrogen (secondary N) is 1. The minimum Gasteiger partial charge on any atom is -0.394 e. The Bertz CT molecular complexity index is 894. The Morgan fingerprint density at radius 1 is 1.30 bits per heavy atom. The van der Waals surface area contributed by atoms with Gasteiger partial charge in [0.1, 0.15) is 12.3 Å². The molecule has 8 N–H and O–H groups in total. The van der Waals surface area contributed by atoms with E-state index in [9.17, 15) is 28.5 Å². The molecule has 0 bridgehead atoms. The molecule has 17 heteroatoms. The lowest BCUT2D eigenvalue weighted by atomic mass is 10.2. The second-order valence-electron chi connectivity index (χ2n) is 6.63. The lowest BCUT2D eigenvalue weighted by Crippen LogP contribution is -2.30. The van der Waals surface area contributed by atoms with Crippen LogP contribution in [-0.4, -0.2) is 74.9 Å². The van der Waals surface area contributed by atoms with Crippen molar-refractivity contribution >= 4 is 21.0 Å². The van der Waals surface area contributed by atoms with Crippen molar-refractivity contribution in [3.05, 3.63) is 22.5 Å². The topological polar surface area (TPSA) is 232 Å². The van der Waals surface area contributed by atoms with Crippen molar-refractivity contribution in [2.24, 2.45) is 0 Å². The van der Waals surface area contributed by atoms with Gasteiger partial charge in [0.2, 0.25) is 0 Å². The zero-order valence-corrected chi connectivity index (χ0v) is 17.1. The molecule has 0 radical (unpaired) electrons. The quantitative estimate of drug-likeness (QED) is 0.145. The Kier molecular flexibility index (Phi) is 7.58. The zero-order chi connectivity index (χ0) is 22.9. The summed E-state index contributed by atoms with van der Waals surface area (Å²) in [5.41, 5.74) is -0.961. The van der Waals surface area contributed by atoms with Gasteiger partial charge >= 0.3 is 20.9 Å². The van der Waals surface area contributed by atoms with E-state index in [-0.39, 0.29) is 13.0 Å². The highest BCUT2D eigenvalue weighted by Crippen LogP contribution is 2.69. The van der Waals surface area contributed by atoms with E-state index in [2.05, 4.69) is 10.3 Å². The summed E-state index contributed by atoms with van der Waals surface area (Å²) < 4.78 is 42.8. The predicted molar refractivity (Wildman–Crippen MR) is 96.8 cm³/mol. The summed E-state index contributed by atoms with van der Waals surface area (Å²) in [4.78, 5) is 51.7. The van der Waals surface area contributed by atoms with E-state index in [1.165, 1.54) is 0 Å². The molecule has 1 aliphatic rings. The van der Waals surface area contributed by atoms with Gasteiger partial charge in [0.05, 0.1) is 18.9 Å². The third kappa shape index (κ3) is 5.14. The van der Waals surface area contributed by atoms with E-state index in [4.69, 9.17) is 29.4 Å². The van der Waals surface area contributed by atoms with Crippen LogP contribution in [0.5, 0.6) is 0 Å². The number of halogens is 1. The van der Waals surface area contributed by atoms with Gasteiger partial charge in [-0.3, -0.25) is 13.7 Å². The van der Waals surface area contributed by atoms with E-state index in [1.807, 2.05) is 0 Å². The van der Waals surface area contributed by atoms with Crippen LogP contribution in [0.2, 0.25) is 0 Å². The van der Waals surface area contributed by atoms with Crippen LogP contribution in [0, 0.1) is 5.82 Å². The van der Waals surface area contributed by atoms with Gasteiger partial charge in [-0.15, -0.1) is 0 Å². The van der Waals surface area contributed by atoms with Crippen LogP contribution in [0.25, 0.3) is 0 Å². The highest BCUT2D eigenvalue weighted by atomic mass is 31.2. The Morgan fingerprint density at radius 2 is 1.90 bits per heavy atom. The van der Waals surface area contributed by atoms with Gasteiger partial charge in [-0.1, -0.05) is 0 Å². The molecule has 14 nitrogen and oxygen atoms in total. The molecule has 1 aliphatic heterocycles. The van der Waals surface area contributed by atoms with Gasteiger partial charge in [-0.25, -0.2) is 9.18 Å². The first-order valence-corrected chi connectivity index (χ1v) is 11.7. The SMILES string of the molecule is O=c1nc(NCCCC(O)(P(=O)(O)O)P(=O)(O)O)c(F)cn1C1C[C@H](O)[C@@H](CO)O1. The third-order valence-corrected chi connectivity index (χ3v) is 8.39. The maximum atomic E-state index is 14.2. The van der Waals surface area contributed by atoms with Crippen LogP contribution in [-0.2, 0) is 13.9 Å². The molecule has 30 heavy (non-hydrogen) atoms. The Labute approximate surface area is 168 Å². The molecule has 0 aromatic carbocycles. The molecule has 2 rings (SSSR count). The fraction of sp³-hybridized carbons (Fsp3) is 0.692. The minimum absolute atomic E-state index is 0.0810. The van der Waals surface area contributed by atoms with E-state index >= 15 is 0 Å². The predicted octanol–water partition coefficient (Wildman–Crippen LogP) is -1.78. The number of aliphatic hydroxyl groups is 3. The van der Waals surface area contributed by atoms with Crippen LogP contribution in [0.15, 0.2) is 11.0 Å². The Balaban J connectivity index is 2.05.